The highest BCUT2D eigenvalue weighted by molar-refractivity contribution is 6.30. The second-order valence-electron chi connectivity index (χ2n) is 7.72. The maximum absolute atomic E-state index is 13.2. The van der Waals surface area contributed by atoms with E-state index < -0.39 is 6.29 Å². The predicted molar refractivity (Wildman–Crippen MR) is 107 cm³/mol. The minimum absolute atomic E-state index is 0.0725. The number of halogens is 3. The van der Waals surface area contributed by atoms with E-state index in [0.29, 0.717) is 17.4 Å². The molecular weight excluding hydrogens is 400 g/mol. The van der Waals surface area contributed by atoms with Crippen LogP contribution in [0.2, 0.25) is 5.02 Å². The fraction of sp³-hybridized carbons (Fsp3) is 0.409. The first-order valence-corrected chi connectivity index (χ1v) is 10.1. The zero-order chi connectivity index (χ0) is 20.6. The molecule has 154 valence electrons. The molecule has 1 aliphatic carbocycles. The quantitative estimate of drug-likeness (QED) is 0.608. The normalized spacial score (nSPS) is 22.3. The Morgan fingerprint density at radius 3 is 2.41 bits per heavy atom. The lowest BCUT2D eigenvalue weighted by molar-refractivity contribution is -0.286. The average Bonchev–Trinajstić information content (AvgIpc) is 3.01. The highest BCUT2D eigenvalue weighted by atomic mass is 35.5. The number of fused-ring (bicyclic) bond motifs is 1. The first-order chi connectivity index (χ1) is 13.8. The number of hydrogen-bond donors (Lipinski definition) is 0. The number of hydrogen-bond acceptors (Lipinski definition) is 3. The van der Waals surface area contributed by atoms with Gasteiger partial charge in [-0.15, -0.1) is 8.78 Å². The third kappa shape index (κ3) is 4.47. The molecule has 4 nitrogen and oxygen atoms in total. The zero-order valence-electron chi connectivity index (χ0n) is 16.0. The minimum Gasteiger partial charge on any atom is -0.395 e. The van der Waals surface area contributed by atoms with Crippen LogP contribution < -0.4 is 14.4 Å². The van der Waals surface area contributed by atoms with Gasteiger partial charge in [0, 0.05) is 24.2 Å². The van der Waals surface area contributed by atoms with Gasteiger partial charge in [0.05, 0.1) is 0 Å². The first kappa shape index (κ1) is 20.0. The molecule has 0 radical (unpaired) electrons. The molecule has 2 aliphatic rings. The molecule has 1 heterocycles. The molecule has 1 aliphatic heterocycles. The molecule has 0 unspecified atom stereocenters. The van der Waals surface area contributed by atoms with Gasteiger partial charge in [-0.3, -0.25) is 4.79 Å². The first-order valence-electron chi connectivity index (χ1n) is 9.72. The summed E-state index contributed by atoms with van der Waals surface area (Å²) in [5, 5.41) is 0.639. The fourth-order valence-corrected chi connectivity index (χ4v) is 4.24. The van der Waals surface area contributed by atoms with Crippen LogP contribution >= 0.6 is 11.6 Å². The van der Waals surface area contributed by atoms with Crippen molar-refractivity contribution in [2.75, 3.05) is 11.9 Å². The van der Waals surface area contributed by atoms with Crippen LogP contribution in [0.25, 0.3) is 0 Å². The summed E-state index contributed by atoms with van der Waals surface area (Å²) in [7, 11) is 1.78. The Kier molecular flexibility index (Phi) is 5.38. The summed E-state index contributed by atoms with van der Waals surface area (Å²) in [5.74, 6) is 0.851. The van der Waals surface area contributed by atoms with E-state index in [-0.39, 0.29) is 23.3 Å². The van der Waals surface area contributed by atoms with Crippen LogP contribution in [-0.2, 0) is 4.79 Å². The molecule has 29 heavy (non-hydrogen) atoms. The summed E-state index contributed by atoms with van der Waals surface area (Å²) < 4.78 is 35.4. The molecule has 0 spiro atoms. The molecule has 2 aromatic rings. The molecule has 0 N–H and O–H groups in total. The molecule has 1 saturated carbocycles. The molecule has 1 amide bonds. The lowest BCUT2D eigenvalue weighted by Crippen LogP contribution is -2.29. The van der Waals surface area contributed by atoms with Crippen molar-refractivity contribution in [3.05, 3.63) is 53.1 Å². The third-order valence-corrected chi connectivity index (χ3v) is 6.05. The maximum atomic E-state index is 13.2. The van der Waals surface area contributed by atoms with Crippen molar-refractivity contribution >= 4 is 23.2 Å². The number of ether oxygens (including phenoxy) is 2. The van der Waals surface area contributed by atoms with E-state index in [4.69, 9.17) is 11.6 Å². The van der Waals surface area contributed by atoms with Crippen LogP contribution in [0.4, 0.5) is 14.5 Å². The van der Waals surface area contributed by atoms with Crippen LogP contribution in [0.5, 0.6) is 11.5 Å². The summed E-state index contributed by atoms with van der Waals surface area (Å²) in [5.41, 5.74) is 1.80. The highest BCUT2D eigenvalue weighted by Crippen LogP contribution is 2.45. The second kappa shape index (κ2) is 7.82. The van der Waals surface area contributed by atoms with E-state index in [2.05, 4.69) is 9.47 Å². The Morgan fingerprint density at radius 1 is 1.07 bits per heavy atom. The lowest BCUT2D eigenvalue weighted by Gasteiger charge is -2.29. The largest absolute Gasteiger partial charge is 0.586 e. The number of carbonyl (C=O) groups excluding carboxylic acids is 1. The summed E-state index contributed by atoms with van der Waals surface area (Å²) >= 11 is 5.91. The number of rotatable bonds is 4. The summed E-state index contributed by atoms with van der Waals surface area (Å²) in [6, 6.07) is 12.2. The van der Waals surface area contributed by atoms with Crippen molar-refractivity contribution in [1.29, 1.82) is 0 Å². The Hall–Kier alpha value is -2.34. The summed E-state index contributed by atoms with van der Waals surface area (Å²) in [6.07, 6.45) is 0.594. The monoisotopic (exact) mass is 421 g/mol. The van der Waals surface area contributed by atoms with Crippen LogP contribution in [0.1, 0.15) is 43.6 Å². The summed E-state index contributed by atoms with van der Waals surface area (Å²) in [4.78, 5) is 14.3. The van der Waals surface area contributed by atoms with Gasteiger partial charge in [0.25, 0.3) is 0 Å². The van der Waals surface area contributed by atoms with Gasteiger partial charge >= 0.3 is 6.29 Å². The number of anilines is 1. The van der Waals surface area contributed by atoms with Gasteiger partial charge in [-0.05, 0) is 79.5 Å². The second-order valence-corrected chi connectivity index (χ2v) is 8.16. The summed E-state index contributed by atoms with van der Waals surface area (Å²) in [6.45, 7) is 0. The highest BCUT2D eigenvalue weighted by Gasteiger charge is 2.43. The molecule has 0 bridgehead atoms. The van der Waals surface area contributed by atoms with E-state index in [9.17, 15) is 13.6 Å². The van der Waals surface area contributed by atoms with E-state index >= 15 is 0 Å². The predicted octanol–water partition coefficient (Wildman–Crippen LogP) is 5.99. The van der Waals surface area contributed by atoms with Crippen LogP contribution in [0, 0.1) is 5.92 Å². The van der Waals surface area contributed by atoms with E-state index in [0.717, 1.165) is 36.9 Å². The van der Waals surface area contributed by atoms with Gasteiger partial charge in [-0.25, -0.2) is 0 Å². The van der Waals surface area contributed by atoms with Crippen molar-refractivity contribution < 1.29 is 23.0 Å². The molecule has 0 saturated heterocycles. The van der Waals surface area contributed by atoms with E-state index in [1.165, 1.54) is 0 Å². The molecule has 4 rings (SSSR count). The third-order valence-electron chi connectivity index (χ3n) is 5.79. The Morgan fingerprint density at radius 2 is 1.72 bits per heavy atom. The van der Waals surface area contributed by atoms with Crippen molar-refractivity contribution in [1.82, 2.24) is 0 Å². The molecule has 2 aromatic carbocycles. The topological polar surface area (TPSA) is 38.8 Å². The SMILES string of the molecule is CN(C(=O)CC1CCC(c2ccc3c(c2)OC(F)(F)O3)CC1)c1ccc(Cl)cc1. The molecular formula is C22H22ClF2NO3. The zero-order valence-corrected chi connectivity index (χ0v) is 16.8. The van der Waals surface area contributed by atoms with Crippen LogP contribution in [-0.4, -0.2) is 19.2 Å². The molecule has 0 aromatic heterocycles. The average molecular weight is 422 g/mol. The lowest BCUT2D eigenvalue weighted by atomic mass is 9.77. The number of benzene rings is 2. The smallest absolute Gasteiger partial charge is 0.395 e. The van der Waals surface area contributed by atoms with E-state index in [1.807, 2.05) is 18.2 Å². The van der Waals surface area contributed by atoms with Crippen molar-refractivity contribution in [3.63, 3.8) is 0 Å². The Labute approximate surface area is 173 Å². The number of nitrogens with zero attached hydrogens (tertiary/aromatic N) is 1. The minimum atomic E-state index is -3.59. The Bertz CT molecular complexity index is 895. The van der Waals surface area contributed by atoms with Crippen LogP contribution in [0.15, 0.2) is 42.5 Å². The van der Waals surface area contributed by atoms with Gasteiger partial charge < -0.3 is 14.4 Å². The fourth-order valence-electron chi connectivity index (χ4n) is 4.11. The molecule has 7 heteroatoms. The van der Waals surface area contributed by atoms with Crippen LogP contribution in [0.3, 0.4) is 0 Å². The van der Waals surface area contributed by atoms with Gasteiger partial charge in [-0.2, -0.15) is 0 Å². The van der Waals surface area contributed by atoms with E-state index in [1.54, 1.807) is 36.2 Å². The van der Waals surface area contributed by atoms with Crippen molar-refractivity contribution in [3.8, 4) is 11.5 Å². The molecule has 1 fully saturated rings. The van der Waals surface area contributed by atoms with Crippen molar-refractivity contribution in [2.45, 2.75) is 44.3 Å². The Balaban J connectivity index is 1.32. The number of carbonyl (C=O) groups is 1. The van der Waals surface area contributed by atoms with Gasteiger partial charge in [0.15, 0.2) is 11.5 Å². The van der Waals surface area contributed by atoms with Gasteiger partial charge in [-0.1, -0.05) is 17.7 Å². The number of amides is 1. The van der Waals surface area contributed by atoms with Crippen molar-refractivity contribution in [2.24, 2.45) is 5.92 Å². The standard InChI is InChI=1S/C22H22ClF2NO3/c1-26(18-9-7-17(23)8-10-18)21(27)12-14-2-4-15(5-3-14)16-6-11-19-20(13-16)29-22(24,25)28-19/h6-11,13-15H,2-5,12H2,1H3. The molecule has 0 atom stereocenters. The number of alkyl halides is 2. The maximum Gasteiger partial charge on any atom is 0.586 e. The van der Waals surface area contributed by atoms with Gasteiger partial charge in [0.2, 0.25) is 5.91 Å². The van der Waals surface area contributed by atoms with Gasteiger partial charge in [0.1, 0.15) is 0 Å².